The lowest BCUT2D eigenvalue weighted by atomic mass is 10.1. The second-order valence-electron chi connectivity index (χ2n) is 4.91. The van der Waals surface area contributed by atoms with Crippen LogP contribution in [0.5, 0.6) is 5.75 Å². The Bertz CT molecular complexity index is 812. The van der Waals surface area contributed by atoms with Crippen LogP contribution in [-0.4, -0.2) is 18.2 Å². The zero-order chi connectivity index (χ0) is 15.5. The number of benzene rings is 2. The number of Topliss-reactive ketones (excluding diaryl/α,β-unsaturated/α-hetero) is 2. The minimum absolute atomic E-state index is 0.105. The predicted molar refractivity (Wildman–Crippen MR) is 82.5 cm³/mol. The average Bonchev–Trinajstić information content (AvgIpc) is 2.97. The third-order valence-corrected chi connectivity index (χ3v) is 3.33. The lowest BCUT2D eigenvalue weighted by molar-refractivity contribution is 0.0889. The van der Waals surface area contributed by atoms with Crippen molar-refractivity contribution in [1.82, 2.24) is 0 Å². The van der Waals surface area contributed by atoms with Crippen molar-refractivity contribution in [3.8, 4) is 5.75 Å². The van der Waals surface area contributed by atoms with Crippen LogP contribution in [0.1, 0.15) is 27.8 Å². The van der Waals surface area contributed by atoms with Crippen molar-refractivity contribution in [1.29, 1.82) is 0 Å². The third kappa shape index (κ3) is 2.76. The minimum atomic E-state index is -0.269. The molecule has 0 atom stereocenters. The van der Waals surface area contributed by atoms with E-state index in [1.54, 1.807) is 36.4 Å². The number of carbonyl (C=O) groups excluding carboxylic acids is 2. The largest absolute Gasteiger partial charge is 0.485 e. The van der Waals surface area contributed by atoms with Crippen LogP contribution in [0, 0.1) is 0 Å². The van der Waals surface area contributed by atoms with Crippen LogP contribution >= 0.6 is 0 Å². The number of furan rings is 1. The van der Waals surface area contributed by atoms with E-state index in [-0.39, 0.29) is 23.9 Å². The maximum atomic E-state index is 12.2. The molecule has 0 aliphatic carbocycles. The van der Waals surface area contributed by atoms with Gasteiger partial charge in [-0.05, 0) is 31.2 Å². The molecule has 0 unspecified atom stereocenters. The summed E-state index contributed by atoms with van der Waals surface area (Å²) < 4.78 is 11.0. The topological polar surface area (TPSA) is 56.5 Å². The van der Waals surface area contributed by atoms with Gasteiger partial charge in [0.05, 0.1) is 5.56 Å². The molecule has 0 aliphatic heterocycles. The molecule has 0 saturated carbocycles. The van der Waals surface area contributed by atoms with Gasteiger partial charge in [0.15, 0.2) is 18.2 Å². The highest BCUT2D eigenvalue weighted by Gasteiger charge is 2.14. The van der Waals surface area contributed by atoms with E-state index in [1.165, 1.54) is 6.92 Å². The first-order valence-electron chi connectivity index (χ1n) is 6.89. The highest BCUT2D eigenvalue weighted by Crippen LogP contribution is 2.21. The van der Waals surface area contributed by atoms with E-state index < -0.39 is 0 Å². The van der Waals surface area contributed by atoms with E-state index in [4.69, 9.17) is 9.15 Å². The fourth-order valence-electron chi connectivity index (χ4n) is 2.22. The summed E-state index contributed by atoms with van der Waals surface area (Å²) in [5.74, 6) is 0.280. The van der Waals surface area contributed by atoms with Gasteiger partial charge in [-0.1, -0.05) is 30.3 Å². The van der Waals surface area contributed by atoms with E-state index >= 15 is 0 Å². The summed E-state index contributed by atoms with van der Waals surface area (Å²) in [5, 5.41) is 0.870. The van der Waals surface area contributed by atoms with Crippen LogP contribution in [0.2, 0.25) is 0 Å². The van der Waals surface area contributed by atoms with Crippen molar-refractivity contribution in [2.45, 2.75) is 6.92 Å². The lowest BCUT2D eigenvalue weighted by Crippen LogP contribution is -2.12. The molecule has 0 spiro atoms. The van der Waals surface area contributed by atoms with Crippen molar-refractivity contribution >= 4 is 22.5 Å². The zero-order valence-corrected chi connectivity index (χ0v) is 12.0. The van der Waals surface area contributed by atoms with Gasteiger partial charge >= 0.3 is 0 Å². The number of hydrogen-bond acceptors (Lipinski definition) is 4. The summed E-state index contributed by atoms with van der Waals surface area (Å²) in [6, 6.07) is 16.0. The standard InChI is InChI=1S/C18H14O4/c1-12(19)14-7-3-5-9-17(14)21-11-15(20)18-10-13-6-2-4-8-16(13)22-18/h2-10H,11H2,1H3. The Balaban J connectivity index is 1.76. The molecule has 0 amide bonds. The van der Waals surface area contributed by atoms with Crippen molar-refractivity contribution in [2.75, 3.05) is 6.61 Å². The maximum absolute atomic E-state index is 12.2. The molecule has 1 heterocycles. The molecule has 4 nitrogen and oxygen atoms in total. The maximum Gasteiger partial charge on any atom is 0.235 e. The van der Waals surface area contributed by atoms with Crippen molar-refractivity contribution in [3.63, 3.8) is 0 Å². The van der Waals surface area contributed by atoms with E-state index in [1.807, 2.05) is 18.2 Å². The second-order valence-corrected chi connectivity index (χ2v) is 4.91. The number of ketones is 2. The Morgan fingerprint density at radius 2 is 1.77 bits per heavy atom. The SMILES string of the molecule is CC(=O)c1ccccc1OCC(=O)c1cc2ccccc2o1. The van der Waals surface area contributed by atoms with Crippen molar-refractivity contribution in [2.24, 2.45) is 0 Å². The van der Waals surface area contributed by atoms with Gasteiger partial charge in [0, 0.05) is 5.39 Å². The normalized spacial score (nSPS) is 10.6. The molecule has 0 N–H and O–H groups in total. The number of carbonyl (C=O) groups is 2. The predicted octanol–water partition coefficient (Wildman–Crippen LogP) is 3.90. The van der Waals surface area contributed by atoms with Gasteiger partial charge in [0.2, 0.25) is 5.78 Å². The average molecular weight is 294 g/mol. The molecule has 0 radical (unpaired) electrons. The van der Waals surface area contributed by atoms with Gasteiger partial charge in [0.25, 0.3) is 0 Å². The van der Waals surface area contributed by atoms with Crippen LogP contribution in [0.25, 0.3) is 11.0 Å². The van der Waals surface area contributed by atoms with Crippen LogP contribution in [0.4, 0.5) is 0 Å². The smallest absolute Gasteiger partial charge is 0.235 e. The Morgan fingerprint density at radius 3 is 2.55 bits per heavy atom. The summed E-state index contributed by atoms with van der Waals surface area (Å²) in [5.41, 5.74) is 1.12. The van der Waals surface area contributed by atoms with Gasteiger partial charge in [-0.3, -0.25) is 9.59 Å². The number of para-hydroxylation sites is 2. The van der Waals surface area contributed by atoms with E-state index in [0.29, 0.717) is 16.9 Å². The second kappa shape index (κ2) is 5.85. The summed E-state index contributed by atoms with van der Waals surface area (Å²) in [4.78, 5) is 23.7. The number of rotatable bonds is 5. The molecule has 0 aliphatic rings. The molecule has 2 aromatic carbocycles. The van der Waals surface area contributed by atoms with Crippen molar-refractivity contribution < 1.29 is 18.7 Å². The third-order valence-electron chi connectivity index (χ3n) is 3.33. The summed E-state index contributed by atoms with van der Waals surface area (Å²) >= 11 is 0. The Morgan fingerprint density at radius 1 is 1.05 bits per heavy atom. The van der Waals surface area contributed by atoms with Gasteiger partial charge in [-0.15, -0.1) is 0 Å². The zero-order valence-electron chi connectivity index (χ0n) is 12.0. The lowest BCUT2D eigenvalue weighted by Gasteiger charge is -2.07. The first kappa shape index (κ1) is 14.1. The van der Waals surface area contributed by atoms with Crippen molar-refractivity contribution in [3.05, 3.63) is 65.9 Å². The number of hydrogen-bond donors (Lipinski definition) is 0. The van der Waals surface area contributed by atoms with Gasteiger partial charge < -0.3 is 9.15 Å². The summed E-state index contributed by atoms with van der Waals surface area (Å²) in [7, 11) is 0. The molecule has 3 aromatic rings. The molecule has 3 rings (SSSR count). The van der Waals surface area contributed by atoms with Crippen LogP contribution in [0.15, 0.2) is 59.0 Å². The Hall–Kier alpha value is -2.88. The van der Waals surface area contributed by atoms with Gasteiger partial charge in [-0.25, -0.2) is 0 Å². The first-order chi connectivity index (χ1) is 10.6. The first-order valence-corrected chi connectivity index (χ1v) is 6.89. The monoisotopic (exact) mass is 294 g/mol. The molecular formula is C18H14O4. The molecular weight excluding hydrogens is 280 g/mol. The van der Waals surface area contributed by atoms with Gasteiger partial charge in [-0.2, -0.15) is 0 Å². The minimum Gasteiger partial charge on any atom is -0.485 e. The number of fused-ring (bicyclic) bond motifs is 1. The Labute approximate surface area is 127 Å². The fraction of sp³-hybridized carbons (Fsp3) is 0.111. The number of ether oxygens (including phenoxy) is 1. The summed E-state index contributed by atoms with van der Waals surface area (Å²) in [6.07, 6.45) is 0. The van der Waals surface area contributed by atoms with E-state index in [2.05, 4.69) is 0 Å². The molecule has 0 saturated heterocycles. The molecule has 22 heavy (non-hydrogen) atoms. The van der Waals surface area contributed by atoms with Gasteiger partial charge in [0.1, 0.15) is 11.3 Å². The quantitative estimate of drug-likeness (QED) is 0.670. The fourth-order valence-corrected chi connectivity index (χ4v) is 2.22. The van der Waals surface area contributed by atoms with Crippen LogP contribution in [0.3, 0.4) is 0 Å². The molecule has 0 bridgehead atoms. The highest BCUT2D eigenvalue weighted by molar-refractivity contribution is 5.99. The Kier molecular flexibility index (Phi) is 3.74. The molecule has 1 aromatic heterocycles. The highest BCUT2D eigenvalue weighted by atomic mass is 16.5. The molecule has 110 valence electrons. The van der Waals surface area contributed by atoms with E-state index in [9.17, 15) is 9.59 Å². The summed E-state index contributed by atoms with van der Waals surface area (Å²) in [6.45, 7) is 1.29. The van der Waals surface area contributed by atoms with E-state index in [0.717, 1.165) is 5.39 Å². The molecule has 0 fully saturated rings. The molecule has 4 heteroatoms. The van der Waals surface area contributed by atoms with Crippen LogP contribution < -0.4 is 4.74 Å². The van der Waals surface area contributed by atoms with Crippen LogP contribution in [-0.2, 0) is 0 Å².